The number of hydrogen-bond donors (Lipinski definition) is 3. The van der Waals surface area contributed by atoms with Gasteiger partial charge in [0.05, 0.1) is 18.8 Å². The van der Waals surface area contributed by atoms with Crippen LogP contribution in [0.15, 0.2) is 60.8 Å². The first kappa shape index (κ1) is 60.1. The summed E-state index contributed by atoms with van der Waals surface area (Å²) in [7, 11) is 0. The normalized spacial score (nSPS) is 13.3. The summed E-state index contributed by atoms with van der Waals surface area (Å²) in [5.74, 6) is -0.0768. The lowest BCUT2D eigenvalue weighted by Gasteiger charge is -2.19. The Morgan fingerprint density at radius 1 is 0.387 bits per heavy atom. The molecular weight excluding hydrogens is 759 g/mol. The summed E-state index contributed by atoms with van der Waals surface area (Å²) in [6.07, 6.45) is 75.2. The van der Waals surface area contributed by atoms with Gasteiger partial charge in [-0.25, -0.2) is 0 Å². The van der Waals surface area contributed by atoms with Gasteiger partial charge in [0.25, 0.3) is 0 Å². The molecule has 0 aliphatic rings. The van der Waals surface area contributed by atoms with Crippen molar-refractivity contribution in [3.05, 3.63) is 60.8 Å². The van der Waals surface area contributed by atoms with Gasteiger partial charge in [0.1, 0.15) is 0 Å². The van der Waals surface area contributed by atoms with Crippen molar-refractivity contribution in [1.29, 1.82) is 0 Å². The molecule has 362 valence electrons. The quantitative estimate of drug-likeness (QED) is 0.0421. The van der Waals surface area contributed by atoms with Crippen LogP contribution >= 0.6 is 0 Å². The molecular formula is C58H107NO3. The highest BCUT2D eigenvalue weighted by molar-refractivity contribution is 5.76. The first-order valence-corrected chi connectivity index (χ1v) is 27.5. The van der Waals surface area contributed by atoms with Crippen LogP contribution in [-0.2, 0) is 4.79 Å². The first-order valence-electron chi connectivity index (χ1n) is 27.5. The fraction of sp³-hybridized carbons (Fsp3) is 0.810. The molecule has 0 aromatic rings. The van der Waals surface area contributed by atoms with Crippen LogP contribution in [0.2, 0.25) is 0 Å². The van der Waals surface area contributed by atoms with E-state index in [2.05, 4.69) is 67.8 Å². The molecule has 0 aliphatic carbocycles. The van der Waals surface area contributed by atoms with Crippen LogP contribution < -0.4 is 5.32 Å². The molecule has 0 aromatic carbocycles. The molecule has 2 unspecified atom stereocenters. The fourth-order valence-electron chi connectivity index (χ4n) is 8.26. The van der Waals surface area contributed by atoms with E-state index in [4.69, 9.17) is 0 Å². The van der Waals surface area contributed by atoms with Gasteiger partial charge in [0.15, 0.2) is 0 Å². The standard InChI is InChI=1S/C58H107NO3/c1-3-5-7-9-11-13-15-17-19-21-23-25-27-29-31-33-35-37-39-41-43-45-47-49-51-53-57(61)56(55-60)59-58(62)54-52-50-48-46-44-42-40-38-36-34-32-30-28-26-24-22-20-18-16-14-12-10-8-6-4-2/h16,18,22,24,28,30,43,45,51,53,56-57,60-61H,3-15,17,19-21,23,25-27,29,31-42,44,46-50,52,54-55H2,1-2H3,(H,59,62)/b18-16-,24-22-,30-28-,45-43+,53-51+. The Balaban J connectivity index is 3.56. The average molecular weight is 866 g/mol. The molecule has 4 nitrogen and oxygen atoms in total. The Morgan fingerprint density at radius 2 is 0.677 bits per heavy atom. The number of nitrogens with one attached hydrogen (secondary N) is 1. The molecule has 62 heavy (non-hydrogen) atoms. The van der Waals surface area contributed by atoms with E-state index >= 15 is 0 Å². The fourth-order valence-corrected chi connectivity index (χ4v) is 8.26. The first-order chi connectivity index (χ1) is 30.7. The molecule has 3 N–H and O–H groups in total. The minimum absolute atomic E-state index is 0.0768. The van der Waals surface area contributed by atoms with E-state index in [0.29, 0.717) is 6.42 Å². The van der Waals surface area contributed by atoms with Crippen molar-refractivity contribution < 1.29 is 15.0 Å². The number of aliphatic hydroxyl groups is 2. The minimum atomic E-state index is -0.867. The van der Waals surface area contributed by atoms with E-state index in [1.165, 1.54) is 218 Å². The van der Waals surface area contributed by atoms with Crippen LogP contribution in [0.25, 0.3) is 0 Å². The van der Waals surface area contributed by atoms with E-state index in [9.17, 15) is 15.0 Å². The van der Waals surface area contributed by atoms with Crippen molar-refractivity contribution in [1.82, 2.24) is 5.32 Å². The summed E-state index contributed by atoms with van der Waals surface area (Å²) in [6, 6.07) is -0.645. The van der Waals surface area contributed by atoms with Crippen molar-refractivity contribution in [2.24, 2.45) is 0 Å². The van der Waals surface area contributed by atoms with Crippen LogP contribution in [0.1, 0.15) is 284 Å². The highest BCUT2D eigenvalue weighted by atomic mass is 16.3. The van der Waals surface area contributed by atoms with Crippen LogP contribution in [0.5, 0.6) is 0 Å². The zero-order chi connectivity index (χ0) is 44.9. The zero-order valence-electron chi connectivity index (χ0n) is 41.6. The topological polar surface area (TPSA) is 69.6 Å². The van der Waals surface area contributed by atoms with Crippen LogP contribution in [0.4, 0.5) is 0 Å². The second-order valence-corrected chi connectivity index (χ2v) is 18.6. The molecule has 2 atom stereocenters. The van der Waals surface area contributed by atoms with E-state index in [-0.39, 0.29) is 12.5 Å². The van der Waals surface area contributed by atoms with Gasteiger partial charge in [0.2, 0.25) is 5.91 Å². The smallest absolute Gasteiger partial charge is 0.220 e. The number of carbonyl (C=O) groups excluding carboxylic acids is 1. The van der Waals surface area contributed by atoms with E-state index in [1.807, 2.05) is 6.08 Å². The SMILES string of the molecule is CCCCCCC/C=C\C/C=C\C/C=C\CCCCCCCCCCCCC(=O)NC(CO)C(O)/C=C/CC/C=C/CCCCCCCCCCCCCCCCCCCCC. The van der Waals surface area contributed by atoms with Gasteiger partial charge in [-0.15, -0.1) is 0 Å². The van der Waals surface area contributed by atoms with Gasteiger partial charge in [-0.1, -0.05) is 267 Å². The van der Waals surface area contributed by atoms with E-state index < -0.39 is 12.1 Å². The molecule has 4 heteroatoms. The number of amides is 1. The number of allylic oxidation sites excluding steroid dienone is 9. The summed E-state index contributed by atoms with van der Waals surface area (Å²) in [4.78, 5) is 12.5. The molecule has 0 rings (SSSR count). The van der Waals surface area contributed by atoms with Gasteiger partial charge in [-0.3, -0.25) is 4.79 Å². The molecule has 0 radical (unpaired) electrons. The Kier molecular flexibility index (Phi) is 51.8. The van der Waals surface area contributed by atoms with Crippen molar-refractivity contribution in [2.75, 3.05) is 6.61 Å². The van der Waals surface area contributed by atoms with Crippen molar-refractivity contribution in [2.45, 2.75) is 296 Å². The highest BCUT2D eigenvalue weighted by Gasteiger charge is 2.18. The predicted molar refractivity (Wildman–Crippen MR) is 276 cm³/mol. The number of hydrogen-bond acceptors (Lipinski definition) is 3. The molecule has 0 fully saturated rings. The molecule has 0 aromatic heterocycles. The Morgan fingerprint density at radius 3 is 1.05 bits per heavy atom. The number of rotatable bonds is 50. The number of carbonyl (C=O) groups is 1. The zero-order valence-corrected chi connectivity index (χ0v) is 41.6. The summed E-state index contributed by atoms with van der Waals surface area (Å²) in [6.45, 7) is 4.30. The van der Waals surface area contributed by atoms with Crippen LogP contribution in [-0.4, -0.2) is 34.9 Å². The van der Waals surface area contributed by atoms with Gasteiger partial charge in [-0.2, -0.15) is 0 Å². The Labute approximate surface area is 387 Å². The Bertz CT molecular complexity index is 1030. The van der Waals surface area contributed by atoms with Gasteiger partial charge >= 0.3 is 0 Å². The lowest BCUT2D eigenvalue weighted by atomic mass is 10.0. The highest BCUT2D eigenvalue weighted by Crippen LogP contribution is 2.16. The Hall–Kier alpha value is -1.91. The summed E-state index contributed by atoms with van der Waals surface area (Å²) < 4.78 is 0. The molecule has 0 heterocycles. The van der Waals surface area contributed by atoms with Crippen molar-refractivity contribution in [3.8, 4) is 0 Å². The van der Waals surface area contributed by atoms with E-state index in [0.717, 1.165) is 44.9 Å². The van der Waals surface area contributed by atoms with E-state index in [1.54, 1.807) is 6.08 Å². The second-order valence-electron chi connectivity index (χ2n) is 18.6. The monoisotopic (exact) mass is 866 g/mol. The molecule has 0 bridgehead atoms. The van der Waals surface area contributed by atoms with Crippen LogP contribution in [0, 0.1) is 0 Å². The van der Waals surface area contributed by atoms with Crippen LogP contribution in [0.3, 0.4) is 0 Å². The molecule has 0 saturated heterocycles. The third-order valence-electron chi connectivity index (χ3n) is 12.5. The molecule has 0 spiro atoms. The lowest BCUT2D eigenvalue weighted by molar-refractivity contribution is -0.123. The maximum Gasteiger partial charge on any atom is 0.220 e. The molecule has 0 aliphatic heterocycles. The maximum absolute atomic E-state index is 12.5. The van der Waals surface area contributed by atoms with Crippen molar-refractivity contribution in [3.63, 3.8) is 0 Å². The lowest BCUT2D eigenvalue weighted by Crippen LogP contribution is -2.45. The second kappa shape index (κ2) is 53.4. The van der Waals surface area contributed by atoms with Gasteiger partial charge < -0.3 is 15.5 Å². The third kappa shape index (κ3) is 49.1. The molecule has 0 saturated carbocycles. The third-order valence-corrected chi connectivity index (χ3v) is 12.5. The van der Waals surface area contributed by atoms with Crippen molar-refractivity contribution >= 4 is 5.91 Å². The summed E-state index contributed by atoms with van der Waals surface area (Å²) in [5.41, 5.74) is 0. The summed E-state index contributed by atoms with van der Waals surface area (Å²) in [5, 5.41) is 23.1. The number of aliphatic hydroxyl groups excluding tert-OH is 2. The summed E-state index contributed by atoms with van der Waals surface area (Å²) >= 11 is 0. The van der Waals surface area contributed by atoms with Gasteiger partial charge in [-0.05, 0) is 70.6 Å². The maximum atomic E-state index is 12.5. The minimum Gasteiger partial charge on any atom is -0.394 e. The molecule has 1 amide bonds. The van der Waals surface area contributed by atoms with Gasteiger partial charge in [0, 0.05) is 6.42 Å². The largest absolute Gasteiger partial charge is 0.394 e. The average Bonchev–Trinajstić information content (AvgIpc) is 3.28. The predicted octanol–water partition coefficient (Wildman–Crippen LogP) is 18.0. The number of unbranched alkanes of at least 4 members (excludes halogenated alkanes) is 35.